The smallest absolute Gasteiger partial charge is 0.191 e. The topological polar surface area (TPSA) is 61.4 Å². The number of morpholine rings is 1. The molecule has 0 aliphatic carbocycles. The Labute approximate surface area is 211 Å². The van der Waals surface area contributed by atoms with Crippen molar-refractivity contribution >= 4 is 29.9 Å². The molecular weight excluding hydrogens is 517 g/mol. The molecule has 1 aromatic carbocycles. The average molecular weight is 560 g/mol. The first-order chi connectivity index (χ1) is 15.2. The van der Waals surface area contributed by atoms with E-state index in [1.54, 1.807) is 0 Å². The third kappa shape index (κ3) is 9.03. The Morgan fingerprint density at radius 1 is 1.16 bits per heavy atom. The Hall–Kier alpha value is -1.10. The first-order valence-corrected chi connectivity index (χ1v) is 12.0. The summed E-state index contributed by atoms with van der Waals surface area (Å²) in [5, 5.41) is 7.05. The monoisotopic (exact) mass is 559 g/mol. The molecule has 0 amide bonds. The highest BCUT2D eigenvalue weighted by Crippen LogP contribution is 2.19. The maximum absolute atomic E-state index is 6.12. The Balaban J connectivity index is 0.00000363. The number of hydrogen-bond donors (Lipinski definition) is 2. The van der Waals surface area contributed by atoms with E-state index in [2.05, 4.69) is 53.3 Å². The molecule has 2 aliphatic heterocycles. The predicted octanol–water partition coefficient (Wildman–Crippen LogP) is 2.94. The standard InChI is InChI=1S/C24H41N5O2.HI/c1-4-25-24(27-22-9-11-29(12-10-22)20(2)3)26-19-21-7-5-6-8-23(21)31-18-15-28-13-16-30-17-14-28;/h5-8,20,22H,4,9-19H2,1-3H3,(H2,25,26,27);1H. The van der Waals surface area contributed by atoms with Gasteiger partial charge < -0.3 is 25.0 Å². The van der Waals surface area contributed by atoms with Crippen LogP contribution in [0.1, 0.15) is 39.2 Å². The highest BCUT2D eigenvalue weighted by Gasteiger charge is 2.21. The number of nitrogens with one attached hydrogen (secondary N) is 2. The van der Waals surface area contributed by atoms with E-state index in [-0.39, 0.29) is 24.0 Å². The number of rotatable bonds is 9. The van der Waals surface area contributed by atoms with Crippen LogP contribution in [0.25, 0.3) is 0 Å². The van der Waals surface area contributed by atoms with Crippen LogP contribution < -0.4 is 15.4 Å². The Bertz CT molecular complexity index is 674. The van der Waals surface area contributed by atoms with Crippen molar-refractivity contribution in [2.45, 2.75) is 52.2 Å². The molecule has 182 valence electrons. The zero-order chi connectivity index (χ0) is 21.9. The molecule has 2 N–H and O–H groups in total. The number of piperidine rings is 1. The van der Waals surface area contributed by atoms with Gasteiger partial charge in [-0.3, -0.25) is 4.90 Å². The van der Waals surface area contributed by atoms with Crippen LogP contribution in [-0.4, -0.2) is 86.9 Å². The summed E-state index contributed by atoms with van der Waals surface area (Å²) in [6.07, 6.45) is 2.31. The van der Waals surface area contributed by atoms with Crippen molar-refractivity contribution in [1.29, 1.82) is 0 Å². The van der Waals surface area contributed by atoms with E-state index < -0.39 is 0 Å². The number of benzene rings is 1. The summed E-state index contributed by atoms with van der Waals surface area (Å²) in [4.78, 5) is 9.80. The minimum atomic E-state index is 0. The normalized spacial score (nSPS) is 18.9. The fraction of sp³-hybridized carbons (Fsp3) is 0.708. The summed E-state index contributed by atoms with van der Waals surface area (Å²) in [7, 11) is 0. The van der Waals surface area contributed by atoms with Crippen LogP contribution in [-0.2, 0) is 11.3 Å². The predicted molar refractivity (Wildman–Crippen MR) is 142 cm³/mol. The summed E-state index contributed by atoms with van der Waals surface area (Å²) in [5.74, 6) is 1.83. The molecule has 0 unspecified atom stereocenters. The SMILES string of the molecule is CCNC(=NCc1ccccc1OCCN1CCOCC1)NC1CCN(C(C)C)CC1.I. The molecule has 2 saturated heterocycles. The summed E-state index contributed by atoms with van der Waals surface area (Å²) >= 11 is 0. The second kappa shape index (κ2) is 14.9. The molecule has 7 nitrogen and oxygen atoms in total. The number of likely N-dealkylation sites (tertiary alicyclic amines) is 1. The quantitative estimate of drug-likeness (QED) is 0.276. The average Bonchev–Trinajstić information content (AvgIpc) is 2.79. The fourth-order valence-corrected chi connectivity index (χ4v) is 4.12. The van der Waals surface area contributed by atoms with Crippen LogP contribution in [0.2, 0.25) is 0 Å². The van der Waals surface area contributed by atoms with Gasteiger partial charge in [-0.15, -0.1) is 24.0 Å². The molecule has 0 bridgehead atoms. The van der Waals surface area contributed by atoms with Crippen LogP contribution in [0.15, 0.2) is 29.3 Å². The number of para-hydroxylation sites is 1. The number of ether oxygens (including phenoxy) is 2. The maximum Gasteiger partial charge on any atom is 0.191 e. The van der Waals surface area contributed by atoms with Gasteiger partial charge in [0, 0.05) is 56.9 Å². The molecule has 3 rings (SSSR count). The summed E-state index contributed by atoms with van der Waals surface area (Å²) in [5.41, 5.74) is 1.12. The highest BCUT2D eigenvalue weighted by molar-refractivity contribution is 14.0. The van der Waals surface area contributed by atoms with E-state index in [9.17, 15) is 0 Å². The van der Waals surface area contributed by atoms with Gasteiger partial charge in [0.15, 0.2) is 5.96 Å². The molecule has 8 heteroatoms. The van der Waals surface area contributed by atoms with E-state index in [1.165, 1.54) is 0 Å². The zero-order valence-electron chi connectivity index (χ0n) is 20.0. The molecule has 0 radical (unpaired) electrons. The van der Waals surface area contributed by atoms with Gasteiger partial charge in [-0.25, -0.2) is 4.99 Å². The number of hydrogen-bond acceptors (Lipinski definition) is 5. The van der Waals surface area contributed by atoms with Crippen molar-refractivity contribution in [3.63, 3.8) is 0 Å². The lowest BCUT2D eigenvalue weighted by atomic mass is 10.0. The van der Waals surface area contributed by atoms with Crippen LogP contribution in [0.5, 0.6) is 5.75 Å². The summed E-state index contributed by atoms with van der Waals surface area (Å²) in [6.45, 7) is 15.7. The van der Waals surface area contributed by atoms with Crippen molar-refractivity contribution in [3.05, 3.63) is 29.8 Å². The second-order valence-corrected chi connectivity index (χ2v) is 8.65. The van der Waals surface area contributed by atoms with E-state index >= 15 is 0 Å². The van der Waals surface area contributed by atoms with Crippen LogP contribution in [0, 0.1) is 0 Å². The lowest BCUT2D eigenvalue weighted by Crippen LogP contribution is -2.49. The maximum atomic E-state index is 6.12. The summed E-state index contributed by atoms with van der Waals surface area (Å²) < 4.78 is 11.5. The molecular formula is C24H42IN5O2. The summed E-state index contributed by atoms with van der Waals surface area (Å²) in [6, 6.07) is 9.35. The Kier molecular flexibility index (Phi) is 12.7. The van der Waals surface area contributed by atoms with Gasteiger partial charge >= 0.3 is 0 Å². The largest absolute Gasteiger partial charge is 0.492 e. The van der Waals surface area contributed by atoms with E-state index in [4.69, 9.17) is 14.5 Å². The lowest BCUT2D eigenvalue weighted by Gasteiger charge is -2.35. The van der Waals surface area contributed by atoms with Crippen molar-refractivity contribution in [1.82, 2.24) is 20.4 Å². The fourth-order valence-electron chi connectivity index (χ4n) is 4.12. The van der Waals surface area contributed by atoms with Gasteiger partial charge in [0.05, 0.1) is 19.8 Å². The van der Waals surface area contributed by atoms with Crippen molar-refractivity contribution in [2.24, 2.45) is 4.99 Å². The van der Waals surface area contributed by atoms with Crippen LogP contribution in [0.4, 0.5) is 0 Å². The van der Waals surface area contributed by atoms with Crippen molar-refractivity contribution in [3.8, 4) is 5.75 Å². The first kappa shape index (κ1) is 27.1. The lowest BCUT2D eigenvalue weighted by molar-refractivity contribution is 0.0322. The van der Waals surface area contributed by atoms with Gasteiger partial charge in [-0.05, 0) is 39.7 Å². The molecule has 0 spiro atoms. The number of aliphatic imine (C=N–C) groups is 1. The molecule has 1 aromatic rings. The molecule has 2 aliphatic rings. The van der Waals surface area contributed by atoms with Gasteiger partial charge in [-0.2, -0.15) is 0 Å². The van der Waals surface area contributed by atoms with Crippen LogP contribution >= 0.6 is 24.0 Å². The van der Waals surface area contributed by atoms with Crippen molar-refractivity contribution < 1.29 is 9.47 Å². The third-order valence-corrected chi connectivity index (χ3v) is 6.09. The van der Waals surface area contributed by atoms with Gasteiger partial charge in [0.2, 0.25) is 0 Å². The zero-order valence-corrected chi connectivity index (χ0v) is 22.3. The van der Waals surface area contributed by atoms with E-state index in [0.29, 0.717) is 25.2 Å². The Morgan fingerprint density at radius 2 is 1.88 bits per heavy atom. The molecule has 0 atom stereocenters. The molecule has 2 fully saturated rings. The molecule has 0 aromatic heterocycles. The highest BCUT2D eigenvalue weighted by atomic mass is 127. The molecule has 2 heterocycles. The number of guanidine groups is 1. The molecule has 32 heavy (non-hydrogen) atoms. The minimum Gasteiger partial charge on any atom is -0.492 e. The van der Waals surface area contributed by atoms with Gasteiger partial charge in [0.1, 0.15) is 12.4 Å². The minimum absolute atomic E-state index is 0. The second-order valence-electron chi connectivity index (χ2n) is 8.65. The van der Waals surface area contributed by atoms with Gasteiger partial charge in [0.25, 0.3) is 0 Å². The van der Waals surface area contributed by atoms with Crippen molar-refractivity contribution in [2.75, 3.05) is 59.1 Å². The van der Waals surface area contributed by atoms with E-state index in [0.717, 1.165) is 82.6 Å². The Morgan fingerprint density at radius 3 is 2.56 bits per heavy atom. The van der Waals surface area contributed by atoms with Crippen LogP contribution in [0.3, 0.4) is 0 Å². The molecule has 0 saturated carbocycles. The number of nitrogens with zero attached hydrogens (tertiary/aromatic N) is 3. The number of halogens is 1. The van der Waals surface area contributed by atoms with E-state index in [1.807, 2.05) is 12.1 Å². The third-order valence-electron chi connectivity index (χ3n) is 6.09. The first-order valence-electron chi connectivity index (χ1n) is 12.0. The van der Waals surface area contributed by atoms with Gasteiger partial charge in [-0.1, -0.05) is 18.2 Å².